The van der Waals surface area contributed by atoms with E-state index >= 15 is 0 Å². The molecule has 0 spiro atoms. The van der Waals surface area contributed by atoms with Crippen molar-refractivity contribution < 1.29 is 19.1 Å². The normalized spacial score (nSPS) is 15.7. The Kier molecular flexibility index (Phi) is 6.50. The Balaban J connectivity index is 1.63. The topological polar surface area (TPSA) is 65.5 Å². The molecule has 5 nitrogen and oxygen atoms in total. The predicted octanol–water partition coefficient (Wildman–Crippen LogP) is 5.82. The van der Waals surface area contributed by atoms with Crippen LogP contribution in [0.1, 0.15) is 65.6 Å². The predicted molar refractivity (Wildman–Crippen MR) is 129 cm³/mol. The molecule has 2 aromatic carbocycles. The third-order valence-electron chi connectivity index (χ3n) is 7.23. The van der Waals surface area contributed by atoms with E-state index in [-0.39, 0.29) is 17.8 Å². The number of hydrogen-bond donors (Lipinski definition) is 0. The molecule has 0 aliphatic heterocycles. The molecule has 172 valence electrons. The molecule has 1 heterocycles. The molecule has 0 N–H and O–H groups in total. The second-order valence-electron chi connectivity index (χ2n) is 9.44. The fourth-order valence-corrected chi connectivity index (χ4v) is 4.64. The number of aryl methyl sites for hydroxylation is 1. The molecule has 4 rings (SSSR count). The van der Waals surface area contributed by atoms with Gasteiger partial charge < -0.3 is 9.47 Å². The van der Waals surface area contributed by atoms with Crippen LogP contribution in [0.2, 0.25) is 0 Å². The molecule has 1 atom stereocenters. The van der Waals surface area contributed by atoms with Crippen LogP contribution in [0, 0.1) is 11.3 Å². The Bertz CT molecular complexity index is 1180. The third kappa shape index (κ3) is 4.63. The summed E-state index contributed by atoms with van der Waals surface area (Å²) in [6.07, 6.45) is 3.78. The molecular weight excluding hydrogens is 414 g/mol. The van der Waals surface area contributed by atoms with Crippen LogP contribution < -0.4 is 4.74 Å². The molecule has 1 unspecified atom stereocenters. The Morgan fingerprint density at radius 1 is 1.09 bits per heavy atom. The van der Waals surface area contributed by atoms with Gasteiger partial charge in [0.15, 0.2) is 12.4 Å². The lowest BCUT2D eigenvalue weighted by molar-refractivity contribution is 0.0474. The molecule has 0 saturated heterocycles. The number of methoxy groups -OCH3 is 1. The first-order chi connectivity index (χ1) is 15.8. The van der Waals surface area contributed by atoms with E-state index in [1.165, 1.54) is 0 Å². The van der Waals surface area contributed by atoms with Crippen LogP contribution in [0.15, 0.2) is 48.5 Å². The van der Waals surface area contributed by atoms with Gasteiger partial charge in [-0.3, -0.25) is 9.78 Å². The van der Waals surface area contributed by atoms with E-state index in [1.807, 2.05) is 24.3 Å². The number of carbonyl (C=O) groups excluding carboxylic acids is 2. The summed E-state index contributed by atoms with van der Waals surface area (Å²) in [5.74, 6) is 0.429. The molecule has 0 amide bonds. The Morgan fingerprint density at radius 2 is 1.82 bits per heavy atom. The SMILES string of the molecule is CCC(C)(C)C1CCc2nc3ccccc3c(C(=O)OCC(=O)c3ccc(OC)cc3)c2C1. The quantitative estimate of drug-likeness (QED) is 0.338. The van der Waals surface area contributed by atoms with Crippen LogP contribution in [0.3, 0.4) is 0 Å². The molecule has 0 fully saturated rings. The van der Waals surface area contributed by atoms with Crippen LogP contribution in [-0.2, 0) is 17.6 Å². The molecule has 33 heavy (non-hydrogen) atoms. The van der Waals surface area contributed by atoms with Gasteiger partial charge >= 0.3 is 5.97 Å². The lowest BCUT2D eigenvalue weighted by atomic mass is 9.68. The standard InChI is InChI=1S/C28H31NO4/c1-5-28(2,3)19-12-15-24-22(16-19)26(21-8-6-7-9-23(21)29-24)27(31)33-17-25(30)18-10-13-20(32-4)14-11-18/h6-11,13-14,19H,5,12,15-17H2,1-4H3. The first kappa shape index (κ1) is 23.0. The van der Waals surface area contributed by atoms with E-state index in [2.05, 4.69) is 20.8 Å². The summed E-state index contributed by atoms with van der Waals surface area (Å²) in [5.41, 5.74) is 3.97. The van der Waals surface area contributed by atoms with Crippen molar-refractivity contribution in [1.29, 1.82) is 0 Å². The molecule has 1 aromatic heterocycles. The van der Waals surface area contributed by atoms with Crippen LogP contribution in [0.25, 0.3) is 10.9 Å². The van der Waals surface area contributed by atoms with E-state index in [0.29, 0.717) is 22.8 Å². The van der Waals surface area contributed by atoms with Gasteiger partial charge in [-0.15, -0.1) is 0 Å². The maximum absolute atomic E-state index is 13.4. The number of ether oxygens (including phenoxy) is 2. The van der Waals surface area contributed by atoms with Crippen molar-refractivity contribution in [1.82, 2.24) is 4.98 Å². The largest absolute Gasteiger partial charge is 0.497 e. The van der Waals surface area contributed by atoms with Gasteiger partial charge in [0, 0.05) is 16.6 Å². The Morgan fingerprint density at radius 3 is 2.52 bits per heavy atom. The van der Waals surface area contributed by atoms with Crippen LogP contribution in [-0.4, -0.2) is 30.5 Å². The summed E-state index contributed by atoms with van der Waals surface area (Å²) in [5, 5.41) is 0.785. The number of para-hydroxylation sites is 1. The van der Waals surface area contributed by atoms with E-state index in [4.69, 9.17) is 14.5 Å². The number of Topliss-reactive ketones (excluding diaryl/α,β-unsaturated/α-hetero) is 1. The van der Waals surface area contributed by atoms with Crippen molar-refractivity contribution in [3.63, 3.8) is 0 Å². The average molecular weight is 446 g/mol. The van der Waals surface area contributed by atoms with Gasteiger partial charge in [0.05, 0.1) is 18.2 Å². The van der Waals surface area contributed by atoms with Gasteiger partial charge in [-0.1, -0.05) is 45.4 Å². The third-order valence-corrected chi connectivity index (χ3v) is 7.23. The molecule has 1 aliphatic rings. The lowest BCUT2D eigenvalue weighted by Gasteiger charge is -2.37. The lowest BCUT2D eigenvalue weighted by Crippen LogP contribution is -2.31. The van der Waals surface area contributed by atoms with E-state index < -0.39 is 5.97 Å². The van der Waals surface area contributed by atoms with Crippen molar-refractivity contribution in [3.8, 4) is 5.75 Å². The maximum Gasteiger partial charge on any atom is 0.339 e. The zero-order chi connectivity index (χ0) is 23.6. The summed E-state index contributed by atoms with van der Waals surface area (Å²) in [6.45, 7) is 6.50. The number of benzene rings is 2. The maximum atomic E-state index is 13.4. The van der Waals surface area contributed by atoms with Gasteiger partial charge in [-0.05, 0) is 66.5 Å². The Hall–Kier alpha value is -3.21. The number of esters is 1. The van der Waals surface area contributed by atoms with Gasteiger partial charge in [-0.25, -0.2) is 4.79 Å². The van der Waals surface area contributed by atoms with Gasteiger partial charge in [0.1, 0.15) is 5.75 Å². The molecule has 1 aliphatic carbocycles. The smallest absolute Gasteiger partial charge is 0.339 e. The van der Waals surface area contributed by atoms with Crippen molar-refractivity contribution >= 4 is 22.7 Å². The van der Waals surface area contributed by atoms with E-state index in [1.54, 1.807) is 31.4 Å². The van der Waals surface area contributed by atoms with Crippen LogP contribution in [0.5, 0.6) is 5.75 Å². The number of hydrogen-bond acceptors (Lipinski definition) is 5. The zero-order valence-corrected chi connectivity index (χ0v) is 19.8. The number of nitrogens with zero attached hydrogens (tertiary/aromatic N) is 1. The first-order valence-electron chi connectivity index (χ1n) is 11.6. The number of ketones is 1. The summed E-state index contributed by atoms with van der Waals surface area (Å²) in [6, 6.07) is 14.5. The van der Waals surface area contributed by atoms with Crippen molar-refractivity contribution in [2.75, 3.05) is 13.7 Å². The number of carbonyl (C=O) groups is 2. The highest BCUT2D eigenvalue weighted by Crippen LogP contribution is 2.41. The molecule has 0 radical (unpaired) electrons. The fourth-order valence-electron chi connectivity index (χ4n) is 4.64. The van der Waals surface area contributed by atoms with Crippen LogP contribution >= 0.6 is 0 Å². The molecule has 0 saturated carbocycles. The van der Waals surface area contributed by atoms with E-state index in [0.717, 1.165) is 47.8 Å². The van der Waals surface area contributed by atoms with Gasteiger partial charge in [0.25, 0.3) is 0 Å². The average Bonchev–Trinajstić information content (AvgIpc) is 2.85. The van der Waals surface area contributed by atoms with Crippen molar-refractivity contribution in [2.45, 2.75) is 46.5 Å². The monoisotopic (exact) mass is 445 g/mol. The summed E-state index contributed by atoms with van der Waals surface area (Å²) in [4.78, 5) is 30.9. The summed E-state index contributed by atoms with van der Waals surface area (Å²) >= 11 is 0. The molecule has 5 heteroatoms. The number of pyridine rings is 1. The van der Waals surface area contributed by atoms with Crippen molar-refractivity contribution in [3.05, 3.63) is 70.9 Å². The Labute approximate surface area is 195 Å². The number of aromatic nitrogens is 1. The minimum Gasteiger partial charge on any atom is -0.497 e. The van der Waals surface area contributed by atoms with Crippen LogP contribution in [0.4, 0.5) is 0 Å². The first-order valence-corrected chi connectivity index (χ1v) is 11.6. The second-order valence-corrected chi connectivity index (χ2v) is 9.44. The molecular formula is C28H31NO4. The van der Waals surface area contributed by atoms with Crippen molar-refractivity contribution in [2.24, 2.45) is 11.3 Å². The minimum absolute atomic E-state index is 0.175. The number of rotatable bonds is 7. The summed E-state index contributed by atoms with van der Waals surface area (Å²) in [7, 11) is 1.57. The highest BCUT2D eigenvalue weighted by Gasteiger charge is 2.34. The summed E-state index contributed by atoms with van der Waals surface area (Å²) < 4.78 is 10.7. The van der Waals surface area contributed by atoms with E-state index in [9.17, 15) is 9.59 Å². The van der Waals surface area contributed by atoms with Gasteiger partial charge in [-0.2, -0.15) is 0 Å². The second kappa shape index (κ2) is 9.34. The van der Waals surface area contributed by atoms with Gasteiger partial charge in [0.2, 0.25) is 0 Å². The number of fused-ring (bicyclic) bond motifs is 2. The zero-order valence-electron chi connectivity index (χ0n) is 19.8. The highest BCUT2D eigenvalue weighted by molar-refractivity contribution is 6.06. The minimum atomic E-state index is -0.457. The fraction of sp³-hybridized carbons (Fsp3) is 0.393. The molecule has 3 aromatic rings. The molecule has 0 bridgehead atoms. The highest BCUT2D eigenvalue weighted by atomic mass is 16.5.